The van der Waals surface area contributed by atoms with Crippen LogP contribution in [0.25, 0.3) is 0 Å². The fraction of sp³-hybridized carbons (Fsp3) is 0.208. The van der Waals surface area contributed by atoms with Gasteiger partial charge in [-0.05, 0) is 30.7 Å². The van der Waals surface area contributed by atoms with Crippen LogP contribution in [0, 0.1) is 6.92 Å². The Hall–Kier alpha value is -3.67. The van der Waals surface area contributed by atoms with Crippen LogP contribution in [0.1, 0.15) is 29.5 Å². The van der Waals surface area contributed by atoms with E-state index >= 15 is 0 Å². The number of hydrogen-bond donors (Lipinski definition) is 1. The predicted octanol–water partition coefficient (Wildman–Crippen LogP) is 4.13. The zero-order valence-corrected chi connectivity index (χ0v) is 16.8. The number of nitrogens with one attached hydrogen (secondary N) is 1. The molecule has 6 nitrogen and oxygen atoms in total. The van der Waals surface area contributed by atoms with Gasteiger partial charge in [0.1, 0.15) is 11.4 Å². The molecular weight excluding hydrogens is 378 g/mol. The highest BCUT2D eigenvalue weighted by molar-refractivity contribution is 5.96. The van der Waals surface area contributed by atoms with Gasteiger partial charge in [0.15, 0.2) is 0 Å². The topological polar surface area (TPSA) is 71.5 Å². The van der Waals surface area contributed by atoms with E-state index in [2.05, 4.69) is 10.3 Å². The molecule has 6 heteroatoms. The van der Waals surface area contributed by atoms with Gasteiger partial charge < -0.3 is 15.0 Å². The lowest BCUT2D eigenvalue weighted by molar-refractivity contribution is -0.125. The smallest absolute Gasteiger partial charge is 0.243 e. The molecule has 3 aromatic rings. The highest BCUT2D eigenvalue weighted by Crippen LogP contribution is 2.37. The summed E-state index contributed by atoms with van der Waals surface area (Å²) in [6, 6.07) is 19.1. The standard InChI is InChI=1S/C24H23N3O3/c1-17-6-4-7-18(14-17)15-26-22(28)11-12-23(29)27-16-19-8-2-3-10-21(19)30-24-20(27)9-5-13-25-24/h2-10,13-14H,11-12,15-16H2,1H3,(H,26,28). The molecule has 1 aliphatic heterocycles. The van der Waals surface area contributed by atoms with Gasteiger partial charge >= 0.3 is 0 Å². The number of para-hydroxylation sites is 1. The van der Waals surface area contributed by atoms with Gasteiger partial charge in [0.25, 0.3) is 0 Å². The fourth-order valence-corrected chi connectivity index (χ4v) is 3.45. The first-order valence-corrected chi connectivity index (χ1v) is 9.93. The number of aryl methyl sites for hydroxylation is 1. The fourth-order valence-electron chi connectivity index (χ4n) is 3.45. The first-order chi connectivity index (χ1) is 14.6. The molecule has 0 fully saturated rings. The minimum absolute atomic E-state index is 0.107. The number of fused-ring (bicyclic) bond motifs is 2. The van der Waals surface area contributed by atoms with E-state index in [1.165, 1.54) is 0 Å². The number of pyridine rings is 1. The highest BCUT2D eigenvalue weighted by Gasteiger charge is 2.26. The molecular formula is C24H23N3O3. The van der Waals surface area contributed by atoms with Crippen LogP contribution in [-0.4, -0.2) is 16.8 Å². The molecule has 30 heavy (non-hydrogen) atoms. The number of carbonyl (C=O) groups excluding carboxylic acids is 2. The number of ether oxygens (including phenoxy) is 1. The van der Waals surface area contributed by atoms with Crippen molar-refractivity contribution < 1.29 is 14.3 Å². The van der Waals surface area contributed by atoms with Crippen molar-refractivity contribution in [3.63, 3.8) is 0 Å². The Bertz CT molecular complexity index is 1080. The molecule has 0 spiro atoms. The van der Waals surface area contributed by atoms with Crippen LogP contribution in [0.2, 0.25) is 0 Å². The van der Waals surface area contributed by atoms with Crippen LogP contribution in [0.15, 0.2) is 66.9 Å². The van der Waals surface area contributed by atoms with Crippen molar-refractivity contribution in [2.24, 2.45) is 0 Å². The molecule has 4 rings (SSSR count). The molecule has 1 aromatic heterocycles. The SMILES string of the molecule is Cc1cccc(CNC(=O)CCC(=O)N2Cc3ccccc3Oc3ncccc32)c1. The van der Waals surface area contributed by atoms with Crippen LogP contribution in [0.5, 0.6) is 11.6 Å². The van der Waals surface area contributed by atoms with E-state index < -0.39 is 0 Å². The van der Waals surface area contributed by atoms with Crippen LogP contribution < -0.4 is 15.0 Å². The molecule has 0 bridgehead atoms. The second kappa shape index (κ2) is 8.78. The molecule has 0 atom stereocenters. The molecule has 0 saturated carbocycles. The first-order valence-electron chi connectivity index (χ1n) is 9.93. The Balaban J connectivity index is 1.41. The van der Waals surface area contributed by atoms with Gasteiger partial charge in [0.05, 0.1) is 6.54 Å². The lowest BCUT2D eigenvalue weighted by Crippen LogP contribution is -2.31. The molecule has 0 radical (unpaired) electrons. The summed E-state index contributed by atoms with van der Waals surface area (Å²) < 4.78 is 5.92. The maximum absolute atomic E-state index is 13.0. The average molecular weight is 401 g/mol. The highest BCUT2D eigenvalue weighted by atomic mass is 16.5. The van der Waals surface area contributed by atoms with E-state index in [0.717, 1.165) is 16.7 Å². The van der Waals surface area contributed by atoms with Crippen molar-refractivity contribution in [2.45, 2.75) is 32.9 Å². The summed E-state index contributed by atoms with van der Waals surface area (Å²) in [5.41, 5.74) is 3.69. The maximum Gasteiger partial charge on any atom is 0.243 e. The van der Waals surface area contributed by atoms with Gasteiger partial charge in [-0.25, -0.2) is 4.98 Å². The lowest BCUT2D eigenvalue weighted by Gasteiger charge is -2.21. The maximum atomic E-state index is 13.0. The van der Waals surface area contributed by atoms with E-state index in [1.807, 2.05) is 61.5 Å². The Labute approximate surface area is 175 Å². The molecule has 1 aliphatic rings. The minimum atomic E-state index is -0.150. The van der Waals surface area contributed by atoms with Gasteiger partial charge in [0, 0.05) is 31.1 Å². The van der Waals surface area contributed by atoms with Crippen LogP contribution in [0.3, 0.4) is 0 Å². The average Bonchev–Trinajstić information content (AvgIpc) is 2.93. The quantitative estimate of drug-likeness (QED) is 0.698. The minimum Gasteiger partial charge on any atom is -0.437 e. The predicted molar refractivity (Wildman–Crippen MR) is 114 cm³/mol. The second-order valence-electron chi connectivity index (χ2n) is 7.28. The summed E-state index contributed by atoms with van der Waals surface area (Å²) in [4.78, 5) is 31.2. The normalized spacial score (nSPS) is 12.2. The summed E-state index contributed by atoms with van der Waals surface area (Å²) in [6.07, 6.45) is 1.86. The third kappa shape index (κ3) is 4.49. The van der Waals surface area contributed by atoms with Crippen molar-refractivity contribution in [1.29, 1.82) is 0 Å². The van der Waals surface area contributed by atoms with Gasteiger partial charge in [-0.1, -0.05) is 48.0 Å². The Morgan fingerprint density at radius 2 is 1.93 bits per heavy atom. The van der Waals surface area contributed by atoms with Gasteiger partial charge in [-0.15, -0.1) is 0 Å². The van der Waals surface area contributed by atoms with E-state index in [9.17, 15) is 9.59 Å². The van der Waals surface area contributed by atoms with Crippen LogP contribution in [-0.2, 0) is 22.7 Å². The molecule has 0 saturated heterocycles. The molecule has 152 valence electrons. The van der Waals surface area contributed by atoms with Crippen molar-refractivity contribution in [2.75, 3.05) is 4.90 Å². The largest absolute Gasteiger partial charge is 0.437 e. The second-order valence-corrected chi connectivity index (χ2v) is 7.28. The number of nitrogens with zero attached hydrogens (tertiary/aromatic N) is 2. The molecule has 2 amide bonds. The van der Waals surface area contributed by atoms with E-state index in [1.54, 1.807) is 17.2 Å². The Morgan fingerprint density at radius 3 is 2.80 bits per heavy atom. The number of anilines is 1. The third-order valence-electron chi connectivity index (χ3n) is 4.99. The van der Waals surface area contributed by atoms with Crippen LogP contribution >= 0.6 is 0 Å². The molecule has 0 aliphatic carbocycles. The summed E-state index contributed by atoms with van der Waals surface area (Å²) in [6.45, 7) is 2.84. The number of amides is 2. The molecule has 1 N–H and O–H groups in total. The molecule has 2 heterocycles. The number of aromatic nitrogens is 1. The third-order valence-corrected chi connectivity index (χ3v) is 4.99. The van der Waals surface area contributed by atoms with Crippen molar-refractivity contribution >= 4 is 17.5 Å². The van der Waals surface area contributed by atoms with Gasteiger partial charge in [-0.2, -0.15) is 0 Å². The molecule has 2 aromatic carbocycles. The number of benzene rings is 2. The summed E-state index contributed by atoms with van der Waals surface area (Å²) in [5, 5.41) is 2.88. The summed E-state index contributed by atoms with van der Waals surface area (Å²) in [5.74, 6) is 0.779. The van der Waals surface area contributed by atoms with E-state index in [-0.39, 0.29) is 24.7 Å². The van der Waals surface area contributed by atoms with Crippen molar-refractivity contribution in [1.82, 2.24) is 10.3 Å². The Kier molecular flexibility index (Phi) is 5.75. The number of rotatable bonds is 5. The monoisotopic (exact) mass is 401 g/mol. The van der Waals surface area contributed by atoms with Crippen molar-refractivity contribution in [3.8, 4) is 11.6 Å². The van der Waals surface area contributed by atoms with E-state index in [4.69, 9.17) is 4.74 Å². The Morgan fingerprint density at radius 1 is 1.07 bits per heavy atom. The van der Waals surface area contributed by atoms with Gasteiger partial charge in [0.2, 0.25) is 17.7 Å². The van der Waals surface area contributed by atoms with E-state index in [0.29, 0.717) is 30.4 Å². The number of carbonyl (C=O) groups is 2. The van der Waals surface area contributed by atoms with Crippen molar-refractivity contribution in [3.05, 3.63) is 83.6 Å². The summed E-state index contributed by atoms with van der Waals surface area (Å²) >= 11 is 0. The molecule has 0 unspecified atom stereocenters. The summed E-state index contributed by atoms with van der Waals surface area (Å²) in [7, 11) is 0. The lowest BCUT2D eigenvalue weighted by atomic mass is 10.1. The van der Waals surface area contributed by atoms with Crippen LogP contribution in [0.4, 0.5) is 5.69 Å². The first kappa shape index (κ1) is 19.6. The van der Waals surface area contributed by atoms with Gasteiger partial charge in [-0.3, -0.25) is 9.59 Å². The zero-order valence-electron chi connectivity index (χ0n) is 16.8. The number of hydrogen-bond acceptors (Lipinski definition) is 4. The zero-order chi connectivity index (χ0) is 20.9.